The van der Waals surface area contributed by atoms with Crippen molar-refractivity contribution in [2.75, 3.05) is 26.2 Å². The number of ether oxygens (including phenoxy) is 2. The third kappa shape index (κ3) is 3.79. The molecule has 2 aromatic carbocycles. The molecule has 8 nitrogen and oxygen atoms in total. The van der Waals surface area contributed by atoms with Gasteiger partial charge in [-0.05, 0) is 18.2 Å². The molecule has 0 fully saturated rings. The number of anilines is 1. The summed E-state index contributed by atoms with van der Waals surface area (Å²) < 4.78 is 10.7. The molecule has 2 rings (SSSR count). The number of nitrogens with zero attached hydrogens (tertiary/aromatic N) is 2. The Morgan fingerprint density at radius 1 is 1.24 bits per heavy atom. The molecule has 2 aromatic rings. The molecule has 0 unspecified atom stereocenters. The van der Waals surface area contributed by atoms with Gasteiger partial charge in [-0.1, -0.05) is 12.1 Å². The van der Waals surface area contributed by atoms with Crippen molar-refractivity contribution in [1.29, 1.82) is 0 Å². The molecule has 132 valence electrons. The number of para-hydroxylation sites is 1. The van der Waals surface area contributed by atoms with Gasteiger partial charge in [-0.2, -0.15) is 0 Å². The predicted octanol–water partition coefficient (Wildman–Crippen LogP) is 2.35. The van der Waals surface area contributed by atoms with Crippen molar-refractivity contribution in [3.05, 3.63) is 57.6 Å². The van der Waals surface area contributed by atoms with Gasteiger partial charge in [0.15, 0.2) is 11.5 Å². The lowest BCUT2D eigenvalue weighted by atomic mass is 10.1. The number of primary amides is 1. The van der Waals surface area contributed by atoms with Crippen LogP contribution in [0.3, 0.4) is 0 Å². The maximum absolute atomic E-state index is 11.4. The molecule has 2 N–H and O–H groups in total. The van der Waals surface area contributed by atoms with Crippen molar-refractivity contribution >= 4 is 17.3 Å². The van der Waals surface area contributed by atoms with Gasteiger partial charge in [0.05, 0.1) is 19.1 Å². The minimum atomic E-state index is -0.716. The molecule has 25 heavy (non-hydrogen) atoms. The zero-order valence-electron chi connectivity index (χ0n) is 14.2. The van der Waals surface area contributed by atoms with Gasteiger partial charge in [0, 0.05) is 30.8 Å². The SMILES string of the molecule is COc1cccc(CN(C)c2ccc(C(N)=O)cc2[N+](=O)[O-])c1OC. The quantitative estimate of drug-likeness (QED) is 0.609. The van der Waals surface area contributed by atoms with E-state index in [0.29, 0.717) is 23.7 Å². The Kier molecular flexibility index (Phi) is 5.43. The zero-order chi connectivity index (χ0) is 18.6. The lowest BCUT2D eigenvalue weighted by Crippen LogP contribution is -2.19. The molecule has 8 heteroatoms. The van der Waals surface area contributed by atoms with Crippen molar-refractivity contribution < 1.29 is 19.2 Å². The summed E-state index contributed by atoms with van der Waals surface area (Å²) in [6.45, 7) is 0.344. The standard InChI is InChI=1S/C17H19N3O5/c1-19(10-12-5-4-6-15(24-2)16(12)25-3)13-8-7-11(17(18)21)9-14(13)20(22)23/h4-9H,10H2,1-3H3,(H2,18,21). The summed E-state index contributed by atoms with van der Waals surface area (Å²) in [4.78, 5) is 23.8. The van der Waals surface area contributed by atoms with Gasteiger partial charge in [0.2, 0.25) is 5.91 Å². The van der Waals surface area contributed by atoms with Gasteiger partial charge in [0.1, 0.15) is 5.69 Å². The van der Waals surface area contributed by atoms with Crippen LogP contribution in [0.4, 0.5) is 11.4 Å². The van der Waals surface area contributed by atoms with E-state index in [1.807, 2.05) is 12.1 Å². The highest BCUT2D eigenvalue weighted by atomic mass is 16.6. The molecule has 0 aliphatic heterocycles. The molecule has 0 aromatic heterocycles. The molecular weight excluding hydrogens is 326 g/mol. The minimum Gasteiger partial charge on any atom is -0.493 e. The number of carbonyl (C=O) groups excluding carboxylic acids is 1. The Bertz CT molecular complexity index is 807. The third-order valence-electron chi connectivity index (χ3n) is 3.76. The summed E-state index contributed by atoms with van der Waals surface area (Å²) in [6.07, 6.45) is 0. The Morgan fingerprint density at radius 2 is 1.96 bits per heavy atom. The molecule has 1 amide bonds. The van der Waals surface area contributed by atoms with E-state index < -0.39 is 10.8 Å². The van der Waals surface area contributed by atoms with Gasteiger partial charge < -0.3 is 20.1 Å². The highest BCUT2D eigenvalue weighted by molar-refractivity contribution is 5.94. The minimum absolute atomic E-state index is 0.0859. The second-order valence-electron chi connectivity index (χ2n) is 5.33. The van der Waals surface area contributed by atoms with Crippen LogP contribution >= 0.6 is 0 Å². The fourth-order valence-electron chi connectivity index (χ4n) is 2.56. The van der Waals surface area contributed by atoms with E-state index in [4.69, 9.17) is 15.2 Å². The molecule has 0 atom stereocenters. The summed E-state index contributed by atoms with van der Waals surface area (Å²) in [7, 11) is 4.79. The third-order valence-corrected chi connectivity index (χ3v) is 3.76. The predicted molar refractivity (Wildman–Crippen MR) is 93.3 cm³/mol. The highest BCUT2D eigenvalue weighted by Gasteiger charge is 2.21. The Labute approximate surface area is 144 Å². The fourth-order valence-corrected chi connectivity index (χ4v) is 2.56. The summed E-state index contributed by atoms with van der Waals surface area (Å²) in [5.74, 6) is 0.423. The lowest BCUT2D eigenvalue weighted by Gasteiger charge is -2.21. The number of hydrogen-bond acceptors (Lipinski definition) is 6. The second-order valence-corrected chi connectivity index (χ2v) is 5.33. The Hall–Kier alpha value is -3.29. The first-order chi connectivity index (χ1) is 11.9. The number of benzene rings is 2. The summed E-state index contributed by atoms with van der Waals surface area (Å²) >= 11 is 0. The van der Waals surface area contributed by atoms with Crippen LogP contribution in [-0.2, 0) is 6.54 Å². The number of nitro benzene ring substituents is 1. The van der Waals surface area contributed by atoms with Crippen molar-refractivity contribution in [3.63, 3.8) is 0 Å². The van der Waals surface area contributed by atoms with Crippen molar-refractivity contribution in [2.45, 2.75) is 6.54 Å². The topological polar surface area (TPSA) is 108 Å². The number of nitrogens with two attached hydrogens (primary N) is 1. The maximum atomic E-state index is 11.4. The normalized spacial score (nSPS) is 10.2. The molecule has 0 aliphatic carbocycles. The number of nitro groups is 1. The van der Waals surface area contributed by atoms with Crippen LogP contribution in [0.2, 0.25) is 0 Å². The van der Waals surface area contributed by atoms with Crippen molar-refractivity contribution in [1.82, 2.24) is 0 Å². The summed E-state index contributed by atoms with van der Waals surface area (Å²) in [6, 6.07) is 9.58. The van der Waals surface area contributed by atoms with Gasteiger partial charge in [-0.3, -0.25) is 14.9 Å². The molecule has 0 saturated heterocycles. The van der Waals surface area contributed by atoms with Crippen LogP contribution in [0.25, 0.3) is 0 Å². The van der Waals surface area contributed by atoms with Crippen LogP contribution in [0, 0.1) is 10.1 Å². The number of methoxy groups -OCH3 is 2. The molecular formula is C17H19N3O5. The Morgan fingerprint density at radius 3 is 2.52 bits per heavy atom. The number of rotatable bonds is 7. The second kappa shape index (κ2) is 7.52. The zero-order valence-corrected chi connectivity index (χ0v) is 14.2. The van der Waals surface area contributed by atoms with Crippen LogP contribution < -0.4 is 20.1 Å². The van der Waals surface area contributed by atoms with E-state index in [1.54, 1.807) is 25.1 Å². The van der Waals surface area contributed by atoms with E-state index in [9.17, 15) is 14.9 Å². The van der Waals surface area contributed by atoms with E-state index in [1.165, 1.54) is 25.3 Å². The van der Waals surface area contributed by atoms with Crippen molar-refractivity contribution in [3.8, 4) is 11.5 Å². The monoisotopic (exact) mass is 345 g/mol. The molecule has 0 spiro atoms. The fraction of sp³-hybridized carbons (Fsp3) is 0.235. The van der Waals surface area contributed by atoms with Crippen LogP contribution in [0.1, 0.15) is 15.9 Å². The maximum Gasteiger partial charge on any atom is 0.293 e. The number of hydrogen-bond donors (Lipinski definition) is 1. The molecule has 0 aliphatic rings. The van der Waals surface area contributed by atoms with Crippen LogP contribution in [0.15, 0.2) is 36.4 Å². The Balaban J connectivity index is 2.40. The number of carbonyl (C=O) groups is 1. The highest BCUT2D eigenvalue weighted by Crippen LogP contribution is 2.34. The molecule has 0 radical (unpaired) electrons. The van der Waals surface area contributed by atoms with Gasteiger partial charge in [0.25, 0.3) is 5.69 Å². The smallest absolute Gasteiger partial charge is 0.293 e. The first-order valence-electron chi connectivity index (χ1n) is 7.38. The van der Waals surface area contributed by atoms with Crippen LogP contribution in [-0.4, -0.2) is 32.1 Å². The first kappa shape index (κ1) is 18.1. The lowest BCUT2D eigenvalue weighted by molar-refractivity contribution is -0.384. The molecule has 0 saturated carbocycles. The van der Waals surface area contributed by atoms with E-state index in [0.717, 1.165) is 5.56 Å². The van der Waals surface area contributed by atoms with Crippen LogP contribution in [0.5, 0.6) is 11.5 Å². The van der Waals surface area contributed by atoms with Gasteiger partial charge in [-0.25, -0.2) is 0 Å². The molecule has 0 heterocycles. The van der Waals surface area contributed by atoms with E-state index >= 15 is 0 Å². The first-order valence-corrected chi connectivity index (χ1v) is 7.38. The number of amides is 1. The summed E-state index contributed by atoms with van der Waals surface area (Å²) in [5.41, 5.74) is 6.25. The summed E-state index contributed by atoms with van der Waals surface area (Å²) in [5, 5.41) is 11.4. The van der Waals surface area contributed by atoms with Gasteiger partial charge in [-0.15, -0.1) is 0 Å². The van der Waals surface area contributed by atoms with Gasteiger partial charge >= 0.3 is 0 Å². The largest absolute Gasteiger partial charge is 0.493 e. The van der Waals surface area contributed by atoms with E-state index in [2.05, 4.69) is 0 Å². The van der Waals surface area contributed by atoms with Crippen molar-refractivity contribution in [2.24, 2.45) is 5.73 Å². The molecule has 0 bridgehead atoms. The van der Waals surface area contributed by atoms with E-state index in [-0.39, 0.29) is 11.3 Å². The average molecular weight is 345 g/mol. The average Bonchev–Trinajstić information content (AvgIpc) is 2.60.